The van der Waals surface area contributed by atoms with Crippen LogP contribution in [0.25, 0.3) is 0 Å². The van der Waals surface area contributed by atoms with E-state index in [9.17, 15) is 4.79 Å². The molecule has 1 fully saturated rings. The lowest BCUT2D eigenvalue weighted by molar-refractivity contribution is 0.0528. The zero-order chi connectivity index (χ0) is 14.0. The maximum Gasteiger partial charge on any atom is 0.345 e. The minimum atomic E-state index is -0.375. The lowest BCUT2D eigenvalue weighted by Crippen LogP contribution is -2.43. The van der Waals surface area contributed by atoms with Gasteiger partial charge in [-0.05, 0) is 32.3 Å². The van der Waals surface area contributed by atoms with Crippen LogP contribution in [0.3, 0.4) is 0 Å². The van der Waals surface area contributed by atoms with Crippen molar-refractivity contribution in [3.05, 3.63) is 5.56 Å². The van der Waals surface area contributed by atoms with Gasteiger partial charge in [0.15, 0.2) is 5.82 Å². The molecule has 0 unspecified atom stereocenters. The van der Waals surface area contributed by atoms with Crippen LogP contribution in [-0.2, 0) is 4.74 Å². The number of carbonyl (C=O) groups is 1. The van der Waals surface area contributed by atoms with Crippen LogP contribution < -0.4 is 10.6 Å². The SMILES string of the molecule is CCOC(=O)c1c(N)nsc1N1CCSC(C)(C)C1. The van der Waals surface area contributed by atoms with E-state index in [1.807, 2.05) is 11.8 Å². The molecule has 0 radical (unpaired) electrons. The minimum absolute atomic E-state index is 0.170. The van der Waals surface area contributed by atoms with E-state index in [0.717, 1.165) is 23.8 Å². The highest BCUT2D eigenvalue weighted by Crippen LogP contribution is 2.37. The van der Waals surface area contributed by atoms with Crippen molar-refractivity contribution in [3.63, 3.8) is 0 Å². The average Bonchev–Trinajstić information content (AvgIpc) is 2.70. The van der Waals surface area contributed by atoms with Gasteiger partial charge >= 0.3 is 5.97 Å². The number of esters is 1. The Morgan fingerprint density at radius 1 is 1.58 bits per heavy atom. The summed E-state index contributed by atoms with van der Waals surface area (Å²) in [6.07, 6.45) is 0. The molecule has 0 saturated carbocycles. The summed E-state index contributed by atoms with van der Waals surface area (Å²) >= 11 is 3.22. The highest BCUT2D eigenvalue weighted by atomic mass is 32.2. The molecule has 0 spiro atoms. The van der Waals surface area contributed by atoms with Crippen LogP contribution in [0.15, 0.2) is 0 Å². The Balaban J connectivity index is 2.27. The number of rotatable bonds is 3. The number of nitrogen functional groups attached to an aromatic ring is 1. The molecule has 7 heteroatoms. The maximum atomic E-state index is 12.0. The number of carbonyl (C=O) groups excluding carboxylic acids is 1. The predicted molar refractivity (Wildman–Crippen MR) is 81.2 cm³/mol. The molecular weight excluding hydrogens is 282 g/mol. The molecule has 0 amide bonds. The molecule has 1 aliphatic heterocycles. The van der Waals surface area contributed by atoms with Gasteiger partial charge in [0, 0.05) is 23.6 Å². The first-order chi connectivity index (χ1) is 8.94. The molecule has 19 heavy (non-hydrogen) atoms. The first-order valence-electron chi connectivity index (χ1n) is 6.26. The van der Waals surface area contributed by atoms with Crippen molar-refractivity contribution in [1.29, 1.82) is 0 Å². The molecule has 0 aliphatic carbocycles. The number of aromatic nitrogens is 1. The summed E-state index contributed by atoms with van der Waals surface area (Å²) in [4.78, 5) is 14.2. The smallest absolute Gasteiger partial charge is 0.345 e. The van der Waals surface area contributed by atoms with E-state index in [0.29, 0.717) is 12.2 Å². The van der Waals surface area contributed by atoms with Crippen LogP contribution in [0.1, 0.15) is 31.1 Å². The summed E-state index contributed by atoms with van der Waals surface area (Å²) < 4.78 is 9.35. The fourth-order valence-corrected chi connectivity index (χ4v) is 4.03. The van der Waals surface area contributed by atoms with Gasteiger partial charge in [-0.1, -0.05) is 0 Å². The highest BCUT2D eigenvalue weighted by molar-refractivity contribution is 8.00. The van der Waals surface area contributed by atoms with Crippen molar-refractivity contribution in [2.75, 3.05) is 36.1 Å². The molecule has 106 valence electrons. The normalized spacial score (nSPS) is 18.4. The second kappa shape index (κ2) is 5.58. The van der Waals surface area contributed by atoms with Gasteiger partial charge in [-0.25, -0.2) is 4.79 Å². The first kappa shape index (κ1) is 14.5. The van der Waals surface area contributed by atoms with E-state index in [1.54, 1.807) is 6.92 Å². The number of nitrogens with zero attached hydrogens (tertiary/aromatic N) is 2. The van der Waals surface area contributed by atoms with Gasteiger partial charge in [0.1, 0.15) is 10.6 Å². The van der Waals surface area contributed by atoms with Crippen LogP contribution in [0.4, 0.5) is 10.8 Å². The second-order valence-corrected chi connectivity index (χ2v) is 7.55. The summed E-state index contributed by atoms with van der Waals surface area (Å²) in [5.41, 5.74) is 6.24. The van der Waals surface area contributed by atoms with Crippen LogP contribution >= 0.6 is 23.3 Å². The van der Waals surface area contributed by atoms with E-state index < -0.39 is 0 Å². The minimum Gasteiger partial charge on any atom is -0.462 e. The van der Waals surface area contributed by atoms with Crippen molar-refractivity contribution in [1.82, 2.24) is 4.37 Å². The van der Waals surface area contributed by atoms with Crippen LogP contribution in [0.2, 0.25) is 0 Å². The highest BCUT2D eigenvalue weighted by Gasteiger charge is 2.32. The van der Waals surface area contributed by atoms with Crippen LogP contribution in [0, 0.1) is 0 Å². The number of hydrogen-bond acceptors (Lipinski definition) is 7. The van der Waals surface area contributed by atoms with Gasteiger partial charge in [-0.2, -0.15) is 16.1 Å². The molecule has 0 atom stereocenters. The predicted octanol–water partition coefficient (Wildman–Crippen LogP) is 2.23. The van der Waals surface area contributed by atoms with Crippen molar-refractivity contribution in [2.24, 2.45) is 0 Å². The quantitative estimate of drug-likeness (QED) is 0.864. The summed E-state index contributed by atoms with van der Waals surface area (Å²) in [7, 11) is 0. The Labute approximate surface area is 121 Å². The summed E-state index contributed by atoms with van der Waals surface area (Å²) in [6, 6.07) is 0. The standard InChI is InChI=1S/C12H19N3O2S2/c1-4-17-11(16)8-9(13)14-19-10(8)15-5-6-18-12(2,3)7-15/h4-7H2,1-3H3,(H2,13,14). The Kier molecular flexibility index (Phi) is 4.25. The molecule has 1 aromatic heterocycles. The van der Waals surface area contributed by atoms with Crippen molar-refractivity contribution < 1.29 is 9.53 Å². The van der Waals surface area contributed by atoms with E-state index in [2.05, 4.69) is 23.1 Å². The Hall–Kier alpha value is -0.950. The molecule has 1 aliphatic rings. The fraction of sp³-hybridized carbons (Fsp3) is 0.667. The third-order valence-corrected chi connectivity index (χ3v) is 5.11. The summed E-state index contributed by atoms with van der Waals surface area (Å²) in [5, 5.41) is 0.837. The topological polar surface area (TPSA) is 68.5 Å². The lowest BCUT2D eigenvalue weighted by atomic mass is 10.2. The summed E-state index contributed by atoms with van der Waals surface area (Å²) in [6.45, 7) is 8.33. The van der Waals surface area contributed by atoms with Crippen molar-refractivity contribution in [3.8, 4) is 0 Å². The molecule has 1 saturated heterocycles. The van der Waals surface area contributed by atoms with E-state index in [1.165, 1.54) is 11.5 Å². The second-order valence-electron chi connectivity index (χ2n) is 5.00. The molecule has 2 N–H and O–H groups in total. The van der Waals surface area contributed by atoms with Crippen LogP contribution in [0.5, 0.6) is 0 Å². The molecule has 0 bridgehead atoms. The van der Waals surface area contributed by atoms with Gasteiger partial charge in [0.25, 0.3) is 0 Å². The lowest BCUT2D eigenvalue weighted by Gasteiger charge is -2.38. The third-order valence-electron chi connectivity index (χ3n) is 2.89. The number of thioether (sulfide) groups is 1. The average molecular weight is 301 g/mol. The van der Waals surface area contributed by atoms with Crippen molar-refractivity contribution >= 4 is 40.1 Å². The molecule has 1 aromatic rings. The molecular formula is C12H19N3O2S2. The Bertz CT molecular complexity index is 474. The van der Waals surface area contributed by atoms with Crippen LogP contribution in [-0.4, -0.2) is 40.5 Å². The molecule has 2 heterocycles. The van der Waals surface area contributed by atoms with Gasteiger partial charge in [-0.3, -0.25) is 0 Å². The molecule has 2 rings (SSSR count). The van der Waals surface area contributed by atoms with E-state index >= 15 is 0 Å². The van der Waals surface area contributed by atoms with Gasteiger partial charge in [-0.15, -0.1) is 0 Å². The number of hydrogen-bond donors (Lipinski definition) is 1. The zero-order valence-electron chi connectivity index (χ0n) is 11.4. The monoisotopic (exact) mass is 301 g/mol. The summed E-state index contributed by atoms with van der Waals surface area (Å²) in [5.74, 6) is 0.932. The molecule has 5 nitrogen and oxygen atoms in total. The largest absolute Gasteiger partial charge is 0.462 e. The number of anilines is 2. The van der Waals surface area contributed by atoms with Crippen molar-refractivity contribution in [2.45, 2.75) is 25.5 Å². The van der Waals surface area contributed by atoms with Gasteiger partial charge in [0.2, 0.25) is 0 Å². The fourth-order valence-electron chi connectivity index (χ4n) is 2.09. The number of nitrogens with two attached hydrogens (primary N) is 1. The molecule has 0 aromatic carbocycles. The van der Waals surface area contributed by atoms with Gasteiger partial charge in [0.05, 0.1) is 6.61 Å². The van der Waals surface area contributed by atoms with E-state index in [-0.39, 0.29) is 16.5 Å². The maximum absolute atomic E-state index is 12.0. The van der Waals surface area contributed by atoms with E-state index in [4.69, 9.17) is 10.5 Å². The van der Waals surface area contributed by atoms with Gasteiger partial charge < -0.3 is 15.4 Å². The number of ether oxygens (including phenoxy) is 1. The Morgan fingerprint density at radius 2 is 2.32 bits per heavy atom. The third kappa shape index (κ3) is 3.14. The zero-order valence-corrected chi connectivity index (χ0v) is 13.1. The Morgan fingerprint density at radius 3 is 2.95 bits per heavy atom. The first-order valence-corrected chi connectivity index (χ1v) is 8.01.